The SMILES string of the molecule is O=C1CCC(N2Cc3cc(OC[C@H]4CCCCN4C(=O)[C@@H]4CCCN4C(=O)c4ccccc4)ccc3C2=O)C(=O)N1. The zero-order valence-electron chi connectivity index (χ0n) is 22.9. The van der Waals surface area contributed by atoms with E-state index in [1.807, 2.05) is 29.2 Å². The van der Waals surface area contributed by atoms with E-state index in [1.54, 1.807) is 29.2 Å². The van der Waals surface area contributed by atoms with Gasteiger partial charge in [-0.3, -0.25) is 29.3 Å². The fourth-order valence-corrected chi connectivity index (χ4v) is 6.50. The molecule has 3 fully saturated rings. The molecular weight excluding hydrogens is 524 g/mol. The third kappa shape index (κ3) is 5.30. The molecule has 1 N–H and O–H groups in total. The maximum Gasteiger partial charge on any atom is 0.255 e. The van der Waals surface area contributed by atoms with Gasteiger partial charge in [0.1, 0.15) is 24.4 Å². The molecule has 0 aromatic heterocycles. The summed E-state index contributed by atoms with van der Waals surface area (Å²) in [5.74, 6) is -0.500. The molecule has 4 aliphatic heterocycles. The number of hydrogen-bond acceptors (Lipinski definition) is 6. The van der Waals surface area contributed by atoms with Crippen LogP contribution in [0.15, 0.2) is 48.5 Å². The van der Waals surface area contributed by atoms with Gasteiger partial charge >= 0.3 is 0 Å². The average Bonchev–Trinajstić information content (AvgIpc) is 3.61. The smallest absolute Gasteiger partial charge is 0.255 e. The number of likely N-dealkylation sites (tertiary alicyclic amines) is 2. The summed E-state index contributed by atoms with van der Waals surface area (Å²) in [6.07, 6.45) is 4.71. The molecule has 10 nitrogen and oxygen atoms in total. The second-order valence-electron chi connectivity index (χ2n) is 11.2. The van der Waals surface area contributed by atoms with Crippen molar-refractivity contribution < 1.29 is 28.7 Å². The van der Waals surface area contributed by atoms with Gasteiger partial charge in [0, 0.05) is 37.2 Å². The number of piperidine rings is 2. The fourth-order valence-electron chi connectivity index (χ4n) is 6.50. The highest BCUT2D eigenvalue weighted by Crippen LogP contribution is 2.31. The van der Waals surface area contributed by atoms with E-state index >= 15 is 0 Å². The summed E-state index contributed by atoms with van der Waals surface area (Å²) in [5, 5.41) is 2.32. The molecule has 1 unspecified atom stereocenters. The van der Waals surface area contributed by atoms with Crippen LogP contribution in [-0.2, 0) is 20.9 Å². The van der Waals surface area contributed by atoms with Crippen molar-refractivity contribution in [3.8, 4) is 5.75 Å². The Morgan fingerprint density at radius 2 is 1.71 bits per heavy atom. The highest BCUT2D eigenvalue weighted by molar-refractivity contribution is 6.05. The Balaban J connectivity index is 1.11. The first-order valence-electron chi connectivity index (χ1n) is 14.5. The number of imide groups is 1. The van der Waals surface area contributed by atoms with Crippen molar-refractivity contribution in [2.75, 3.05) is 19.7 Å². The maximum absolute atomic E-state index is 13.8. The van der Waals surface area contributed by atoms with E-state index in [2.05, 4.69) is 5.32 Å². The number of benzene rings is 2. The maximum atomic E-state index is 13.8. The third-order valence-electron chi connectivity index (χ3n) is 8.67. The number of carbonyl (C=O) groups excluding carboxylic acids is 5. The predicted octanol–water partition coefficient (Wildman–Crippen LogP) is 2.51. The highest BCUT2D eigenvalue weighted by atomic mass is 16.5. The van der Waals surface area contributed by atoms with Crippen LogP contribution < -0.4 is 10.1 Å². The Labute approximate surface area is 238 Å². The summed E-state index contributed by atoms with van der Waals surface area (Å²) < 4.78 is 6.18. The molecule has 0 spiro atoms. The topological polar surface area (TPSA) is 116 Å². The Hall–Kier alpha value is -4.21. The van der Waals surface area contributed by atoms with E-state index in [4.69, 9.17) is 4.74 Å². The van der Waals surface area contributed by atoms with Crippen molar-refractivity contribution in [1.29, 1.82) is 0 Å². The van der Waals surface area contributed by atoms with Crippen LogP contribution >= 0.6 is 0 Å². The van der Waals surface area contributed by atoms with Gasteiger partial charge in [-0.15, -0.1) is 0 Å². The molecule has 2 aromatic rings. The van der Waals surface area contributed by atoms with Gasteiger partial charge in [0.05, 0.1) is 6.04 Å². The van der Waals surface area contributed by atoms with Gasteiger partial charge in [0.15, 0.2) is 0 Å². The van der Waals surface area contributed by atoms with Crippen LogP contribution in [0.3, 0.4) is 0 Å². The van der Waals surface area contributed by atoms with Crippen molar-refractivity contribution in [2.24, 2.45) is 0 Å². The monoisotopic (exact) mass is 558 g/mol. The molecule has 214 valence electrons. The lowest BCUT2D eigenvalue weighted by molar-refractivity contribution is -0.140. The van der Waals surface area contributed by atoms with Gasteiger partial charge < -0.3 is 19.4 Å². The average molecular weight is 559 g/mol. The Morgan fingerprint density at radius 3 is 2.51 bits per heavy atom. The van der Waals surface area contributed by atoms with Crippen LogP contribution in [0.25, 0.3) is 0 Å². The number of fused-ring (bicyclic) bond motifs is 1. The summed E-state index contributed by atoms with van der Waals surface area (Å²) in [5.41, 5.74) is 1.90. The zero-order valence-corrected chi connectivity index (χ0v) is 22.9. The van der Waals surface area contributed by atoms with Crippen molar-refractivity contribution in [2.45, 2.75) is 69.6 Å². The number of hydrogen-bond donors (Lipinski definition) is 1. The number of ether oxygens (including phenoxy) is 1. The minimum absolute atomic E-state index is 0.0143. The van der Waals surface area contributed by atoms with Crippen LogP contribution in [0.4, 0.5) is 0 Å². The molecule has 0 bridgehead atoms. The Morgan fingerprint density at radius 1 is 0.902 bits per heavy atom. The molecule has 4 heterocycles. The Kier molecular flexibility index (Phi) is 7.47. The van der Waals surface area contributed by atoms with Gasteiger partial charge in [0.2, 0.25) is 17.7 Å². The normalized spacial score (nSPS) is 24.3. The summed E-state index contributed by atoms with van der Waals surface area (Å²) in [7, 11) is 0. The highest BCUT2D eigenvalue weighted by Gasteiger charge is 2.41. The van der Waals surface area contributed by atoms with Gasteiger partial charge in [-0.2, -0.15) is 0 Å². The first kappa shape index (κ1) is 27.0. The van der Waals surface area contributed by atoms with Crippen molar-refractivity contribution in [1.82, 2.24) is 20.0 Å². The first-order chi connectivity index (χ1) is 19.9. The van der Waals surface area contributed by atoms with Crippen LogP contribution in [0.5, 0.6) is 5.75 Å². The third-order valence-corrected chi connectivity index (χ3v) is 8.67. The lowest BCUT2D eigenvalue weighted by Crippen LogP contribution is -2.54. The second-order valence-corrected chi connectivity index (χ2v) is 11.2. The van der Waals surface area contributed by atoms with Gasteiger partial charge in [-0.1, -0.05) is 18.2 Å². The number of amides is 5. The molecule has 5 amide bonds. The summed E-state index contributed by atoms with van der Waals surface area (Å²) in [6, 6.07) is 13.2. The lowest BCUT2D eigenvalue weighted by atomic mass is 10.0. The largest absolute Gasteiger partial charge is 0.491 e. The van der Waals surface area contributed by atoms with Crippen LogP contribution in [0.1, 0.15) is 71.2 Å². The Bertz CT molecular complexity index is 1380. The minimum atomic E-state index is -0.664. The second kappa shape index (κ2) is 11.3. The number of nitrogens with one attached hydrogen (secondary N) is 1. The van der Waals surface area contributed by atoms with Gasteiger partial charge in [0.25, 0.3) is 11.8 Å². The standard InChI is InChI=1S/C31H34N4O6/c36-27-14-13-25(28(37)32-27)35-18-21-17-23(11-12-24(21)30(35)39)41-19-22-9-4-5-15-33(22)31(40)26-10-6-16-34(26)29(38)20-7-2-1-3-8-20/h1-3,7-8,11-12,17,22,25-26H,4-6,9-10,13-16,18-19H2,(H,32,36,37)/t22-,25?,26+/m1/s1. The number of nitrogens with zero attached hydrogens (tertiary/aromatic N) is 3. The quantitative estimate of drug-likeness (QED) is 0.545. The zero-order chi connectivity index (χ0) is 28.5. The summed E-state index contributed by atoms with van der Waals surface area (Å²) >= 11 is 0. The molecule has 3 saturated heterocycles. The lowest BCUT2D eigenvalue weighted by Gasteiger charge is -2.38. The van der Waals surface area contributed by atoms with Gasteiger partial charge in [-0.25, -0.2) is 0 Å². The van der Waals surface area contributed by atoms with Crippen molar-refractivity contribution in [3.05, 3.63) is 65.2 Å². The number of carbonyl (C=O) groups is 5. The number of rotatable bonds is 6. The molecule has 3 atom stereocenters. The molecule has 6 rings (SSSR count). The summed E-state index contributed by atoms with van der Waals surface area (Å²) in [6.45, 7) is 1.80. The predicted molar refractivity (Wildman–Crippen MR) is 148 cm³/mol. The van der Waals surface area contributed by atoms with E-state index in [0.29, 0.717) is 49.4 Å². The van der Waals surface area contributed by atoms with E-state index in [0.717, 1.165) is 31.2 Å². The van der Waals surface area contributed by atoms with Gasteiger partial charge in [-0.05, 0) is 74.4 Å². The fraction of sp³-hybridized carbons (Fsp3) is 0.452. The van der Waals surface area contributed by atoms with Crippen molar-refractivity contribution >= 4 is 29.5 Å². The molecule has 0 aliphatic carbocycles. The molecule has 41 heavy (non-hydrogen) atoms. The van der Waals surface area contributed by atoms with Crippen LogP contribution in [-0.4, -0.2) is 82.1 Å². The molecule has 0 radical (unpaired) electrons. The van der Waals surface area contributed by atoms with Crippen molar-refractivity contribution in [3.63, 3.8) is 0 Å². The molecular formula is C31H34N4O6. The summed E-state index contributed by atoms with van der Waals surface area (Å²) in [4.78, 5) is 68.9. The van der Waals surface area contributed by atoms with E-state index < -0.39 is 18.0 Å². The van der Waals surface area contributed by atoms with E-state index in [1.165, 1.54) is 4.90 Å². The molecule has 2 aromatic carbocycles. The van der Waals surface area contributed by atoms with E-state index in [-0.39, 0.29) is 42.6 Å². The van der Waals surface area contributed by atoms with E-state index in [9.17, 15) is 24.0 Å². The molecule has 10 heteroatoms. The van der Waals surface area contributed by atoms with Crippen LogP contribution in [0, 0.1) is 0 Å². The van der Waals surface area contributed by atoms with Crippen LogP contribution in [0.2, 0.25) is 0 Å². The molecule has 4 aliphatic rings. The minimum Gasteiger partial charge on any atom is -0.491 e. The molecule has 0 saturated carbocycles. The first-order valence-corrected chi connectivity index (χ1v) is 14.5.